The maximum atomic E-state index is 12.1. The number of carbonyl (C=O) groups is 1. The predicted molar refractivity (Wildman–Crippen MR) is 99.6 cm³/mol. The van der Waals surface area contributed by atoms with Crippen LogP contribution in [0.15, 0.2) is 22.2 Å². The fraction of sp³-hybridized carbons (Fsp3) is 0.444. The number of ether oxygens (including phenoxy) is 3. The van der Waals surface area contributed by atoms with Crippen molar-refractivity contribution in [3.05, 3.63) is 27.7 Å². The molecule has 0 saturated heterocycles. The van der Waals surface area contributed by atoms with Crippen LogP contribution >= 0.6 is 15.9 Å². The van der Waals surface area contributed by atoms with Gasteiger partial charge in [-0.3, -0.25) is 4.79 Å². The molecule has 7 heteroatoms. The Morgan fingerprint density at radius 1 is 1.36 bits per heavy atom. The fourth-order valence-electron chi connectivity index (χ4n) is 2.06. The third-order valence-corrected chi connectivity index (χ3v) is 3.76. The lowest BCUT2D eigenvalue weighted by Crippen LogP contribution is -2.26. The van der Waals surface area contributed by atoms with Gasteiger partial charge in [-0.1, -0.05) is 0 Å². The van der Waals surface area contributed by atoms with Crippen LogP contribution in [0.3, 0.4) is 0 Å². The zero-order valence-corrected chi connectivity index (χ0v) is 16.3. The predicted octanol–water partition coefficient (Wildman–Crippen LogP) is 3.31. The van der Waals surface area contributed by atoms with E-state index in [1.165, 1.54) is 6.08 Å². The molecule has 0 aliphatic heterocycles. The number of nitrogens with zero attached hydrogens (tertiary/aromatic N) is 1. The zero-order valence-electron chi connectivity index (χ0n) is 14.7. The molecule has 0 spiro atoms. The smallest absolute Gasteiger partial charge is 0.261 e. The van der Waals surface area contributed by atoms with E-state index >= 15 is 0 Å². The topological polar surface area (TPSA) is 80.6 Å². The first-order valence-electron chi connectivity index (χ1n) is 8.05. The van der Waals surface area contributed by atoms with Crippen LogP contribution in [0.4, 0.5) is 0 Å². The number of amides is 1. The second kappa shape index (κ2) is 11.5. The van der Waals surface area contributed by atoms with Crippen molar-refractivity contribution in [2.75, 3.05) is 33.5 Å². The van der Waals surface area contributed by atoms with Gasteiger partial charge in [0, 0.05) is 19.8 Å². The van der Waals surface area contributed by atoms with Gasteiger partial charge in [0.1, 0.15) is 11.6 Å². The highest BCUT2D eigenvalue weighted by Gasteiger charge is 2.13. The summed E-state index contributed by atoms with van der Waals surface area (Å²) in [4.78, 5) is 12.1. The maximum absolute atomic E-state index is 12.1. The van der Waals surface area contributed by atoms with Crippen molar-refractivity contribution in [2.45, 2.75) is 20.3 Å². The van der Waals surface area contributed by atoms with Gasteiger partial charge in [-0.2, -0.15) is 5.26 Å². The number of carbonyl (C=O) groups excluding carboxylic acids is 1. The molecule has 0 fully saturated rings. The molecule has 0 aliphatic carbocycles. The summed E-state index contributed by atoms with van der Waals surface area (Å²) in [5, 5.41) is 12.0. The molecular formula is C18H23BrN2O4. The van der Waals surface area contributed by atoms with E-state index in [9.17, 15) is 10.1 Å². The monoisotopic (exact) mass is 410 g/mol. The van der Waals surface area contributed by atoms with E-state index < -0.39 is 5.91 Å². The van der Waals surface area contributed by atoms with Crippen molar-refractivity contribution in [3.63, 3.8) is 0 Å². The molecule has 0 unspecified atom stereocenters. The SMILES string of the molecule is CCOCCCNC(=O)/C(C#N)=C/c1cc(Br)c(OC)c(OCC)c1. The van der Waals surface area contributed by atoms with Gasteiger partial charge in [0.15, 0.2) is 11.5 Å². The van der Waals surface area contributed by atoms with E-state index in [0.717, 1.165) is 0 Å². The largest absolute Gasteiger partial charge is 0.492 e. The molecule has 0 aromatic heterocycles. The van der Waals surface area contributed by atoms with Crippen LogP contribution in [0.25, 0.3) is 6.08 Å². The van der Waals surface area contributed by atoms with Crippen LogP contribution in [0.1, 0.15) is 25.8 Å². The molecule has 0 radical (unpaired) electrons. The van der Waals surface area contributed by atoms with Gasteiger partial charge < -0.3 is 19.5 Å². The summed E-state index contributed by atoms with van der Waals surface area (Å²) in [6.45, 7) is 5.93. The number of benzene rings is 1. The molecular weight excluding hydrogens is 388 g/mol. The summed E-state index contributed by atoms with van der Waals surface area (Å²) in [6, 6.07) is 5.43. The molecule has 1 aromatic carbocycles. The van der Waals surface area contributed by atoms with E-state index in [0.29, 0.717) is 54.3 Å². The minimum Gasteiger partial charge on any atom is -0.492 e. The lowest BCUT2D eigenvalue weighted by molar-refractivity contribution is -0.117. The van der Waals surface area contributed by atoms with Gasteiger partial charge in [-0.05, 0) is 60.0 Å². The van der Waals surface area contributed by atoms with E-state index in [-0.39, 0.29) is 5.57 Å². The zero-order chi connectivity index (χ0) is 18.7. The molecule has 25 heavy (non-hydrogen) atoms. The second-order valence-electron chi connectivity index (χ2n) is 4.94. The van der Waals surface area contributed by atoms with Crippen LogP contribution in [-0.4, -0.2) is 39.4 Å². The molecule has 1 aromatic rings. The van der Waals surface area contributed by atoms with Crippen molar-refractivity contribution >= 4 is 27.9 Å². The van der Waals surface area contributed by atoms with Gasteiger partial charge >= 0.3 is 0 Å². The van der Waals surface area contributed by atoms with Crippen LogP contribution in [0, 0.1) is 11.3 Å². The first kappa shape index (κ1) is 21.0. The Kier molecular flexibility index (Phi) is 9.66. The van der Waals surface area contributed by atoms with Gasteiger partial charge in [-0.15, -0.1) is 0 Å². The molecule has 6 nitrogen and oxygen atoms in total. The second-order valence-corrected chi connectivity index (χ2v) is 5.80. The minimum atomic E-state index is -0.413. The number of methoxy groups -OCH3 is 1. The number of hydrogen-bond acceptors (Lipinski definition) is 5. The standard InChI is InChI=1S/C18H23BrN2O4/c1-4-24-8-6-7-21-18(22)14(12-20)9-13-10-15(19)17(23-3)16(11-13)25-5-2/h9-11H,4-8H2,1-3H3,(H,21,22)/b14-9+. The molecule has 1 N–H and O–H groups in total. The van der Waals surface area contributed by atoms with Crippen LogP contribution in [0.5, 0.6) is 11.5 Å². The van der Waals surface area contributed by atoms with Crippen LogP contribution in [-0.2, 0) is 9.53 Å². The highest BCUT2D eigenvalue weighted by molar-refractivity contribution is 9.10. The van der Waals surface area contributed by atoms with Gasteiger partial charge in [0.05, 0.1) is 18.2 Å². The van der Waals surface area contributed by atoms with Gasteiger partial charge in [0.2, 0.25) is 0 Å². The van der Waals surface area contributed by atoms with Gasteiger partial charge in [0.25, 0.3) is 5.91 Å². The summed E-state index contributed by atoms with van der Waals surface area (Å²) >= 11 is 3.41. The van der Waals surface area contributed by atoms with Crippen molar-refractivity contribution in [1.29, 1.82) is 5.26 Å². The Morgan fingerprint density at radius 3 is 2.72 bits per heavy atom. The molecule has 0 saturated carbocycles. The Bertz CT molecular complexity index is 653. The summed E-state index contributed by atoms with van der Waals surface area (Å²) < 4.78 is 16.7. The van der Waals surface area contributed by atoms with Crippen molar-refractivity contribution < 1.29 is 19.0 Å². The number of nitriles is 1. The average molecular weight is 411 g/mol. The lowest BCUT2D eigenvalue weighted by Gasteiger charge is -2.12. The summed E-state index contributed by atoms with van der Waals surface area (Å²) in [5.74, 6) is 0.696. The van der Waals surface area contributed by atoms with Crippen molar-refractivity contribution in [2.24, 2.45) is 0 Å². The third kappa shape index (κ3) is 6.77. The number of nitrogens with one attached hydrogen (secondary N) is 1. The number of hydrogen-bond donors (Lipinski definition) is 1. The summed E-state index contributed by atoms with van der Waals surface area (Å²) in [5.41, 5.74) is 0.688. The number of rotatable bonds is 10. The molecule has 0 aliphatic rings. The van der Waals surface area contributed by atoms with Crippen molar-refractivity contribution in [3.8, 4) is 17.6 Å². The molecule has 1 rings (SSSR count). The summed E-state index contributed by atoms with van der Waals surface area (Å²) in [7, 11) is 1.55. The van der Waals surface area contributed by atoms with Crippen LogP contribution < -0.4 is 14.8 Å². The minimum absolute atomic E-state index is 0.0240. The Morgan fingerprint density at radius 2 is 2.12 bits per heavy atom. The maximum Gasteiger partial charge on any atom is 0.261 e. The molecule has 0 atom stereocenters. The molecule has 0 bridgehead atoms. The Balaban J connectivity index is 2.90. The third-order valence-electron chi connectivity index (χ3n) is 3.17. The van der Waals surface area contributed by atoms with Crippen molar-refractivity contribution in [1.82, 2.24) is 5.32 Å². The normalized spacial score (nSPS) is 10.9. The fourth-order valence-corrected chi connectivity index (χ4v) is 2.68. The first-order chi connectivity index (χ1) is 12.1. The highest BCUT2D eigenvalue weighted by atomic mass is 79.9. The molecule has 0 heterocycles. The van der Waals surface area contributed by atoms with E-state index in [1.54, 1.807) is 19.2 Å². The highest BCUT2D eigenvalue weighted by Crippen LogP contribution is 2.37. The van der Waals surface area contributed by atoms with E-state index in [4.69, 9.17) is 14.2 Å². The van der Waals surface area contributed by atoms with Crippen LogP contribution in [0.2, 0.25) is 0 Å². The lowest BCUT2D eigenvalue weighted by atomic mass is 10.1. The Hall–Kier alpha value is -2.04. The average Bonchev–Trinajstić information content (AvgIpc) is 2.59. The summed E-state index contributed by atoms with van der Waals surface area (Å²) in [6.07, 6.45) is 2.21. The number of halogens is 1. The first-order valence-corrected chi connectivity index (χ1v) is 8.84. The van der Waals surface area contributed by atoms with Gasteiger partial charge in [-0.25, -0.2) is 0 Å². The quantitative estimate of drug-likeness (QED) is 0.363. The van der Waals surface area contributed by atoms with E-state index in [1.807, 2.05) is 19.9 Å². The Labute approximate surface area is 156 Å². The molecule has 136 valence electrons. The van der Waals surface area contributed by atoms with E-state index in [2.05, 4.69) is 21.2 Å². The molecule has 1 amide bonds.